The first-order valence-corrected chi connectivity index (χ1v) is 25.2. The van der Waals surface area contributed by atoms with Gasteiger partial charge in [-0.25, -0.2) is 4.57 Å². The van der Waals surface area contributed by atoms with Crippen molar-refractivity contribution < 1.29 is 32.9 Å². The third kappa shape index (κ3) is 42.3. The minimum atomic E-state index is -4.37. The van der Waals surface area contributed by atoms with Crippen LogP contribution in [0, 0.1) is 0 Å². The van der Waals surface area contributed by atoms with Crippen molar-refractivity contribution >= 4 is 13.7 Å². The molecule has 0 aliphatic carbocycles. The lowest BCUT2D eigenvalue weighted by molar-refractivity contribution is -0.870. The number of phosphoric ester groups is 1. The predicted octanol–water partition coefficient (Wildman–Crippen LogP) is 13.4. The molecule has 9 heteroatoms. The van der Waals surface area contributed by atoms with Crippen LogP contribution in [0.4, 0.5) is 0 Å². The van der Waals surface area contributed by atoms with Gasteiger partial charge in [-0.2, -0.15) is 0 Å². The van der Waals surface area contributed by atoms with Gasteiger partial charge in [0, 0.05) is 6.42 Å². The van der Waals surface area contributed by atoms with Crippen LogP contribution in [0.1, 0.15) is 194 Å². The van der Waals surface area contributed by atoms with Crippen LogP contribution in [-0.4, -0.2) is 73.4 Å². The molecular formula is C49H92N2O6P+. The number of allylic oxidation sites excluding steroid dienone is 9. The topological polar surface area (TPSA) is 105 Å². The van der Waals surface area contributed by atoms with E-state index in [-0.39, 0.29) is 25.5 Å². The molecule has 0 bridgehead atoms. The number of unbranched alkanes of at least 4 members (excludes halogenated alkanes) is 21. The number of carbonyl (C=O) groups is 1. The Kier molecular flexibility index (Phi) is 39.3. The lowest BCUT2D eigenvalue weighted by atomic mass is 10.0. The van der Waals surface area contributed by atoms with Gasteiger partial charge in [0.05, 0.1) is 39.9 Å². The van der Waals surface area contributed by atoms with Crippen molar-refractivity contribution in [3.8, 4) is 0 Å². The molecule has 0 rings (SSSR count). The molecule has 0 radical (unpaired) electrons. The second-order valence-electron chi connectivity index (χ2n) is 17.1. The van der Waals surface area contributed by atoms with Gasteiger partial charge in [-0.15, -0.1) is 0 Å². The van der Waals surface area contributed by atoms with Crippen LogP contribution in [0.25, 0.3) is 0 Å². The number of amides is 1. The summed E-state index contributed by atoms with van der Waals surface area (Å²) in [5.74, 6) is -0.260. The lowest BCUT2D eigenvalue weighted by Gasteiger charge is -2.25. The fraction of sp³-hybridized carbons (Fsp3) is 0.776. The molecule has 0 aliphatic heterocycles. The summed E-state index contributed by atoms with van der Waals surface area (Å²) in [5, 5.41) is 13.8. The number of aliphatic hydroxyl groups excluding tert-OH is 1. The maximum absolute atomic E-state index is 12.8. The maximum atomic E-state index is 12.8. The van der Waals surface area contributed by atoms with Crippen molar-refractivity contribution in [3.05, 3.63) is 60.8 Å². The summed E-state index contributed by atoms with van der Waals surface area (Å²) in [6.45, 7) is 4.72. The first-order valence-electron chi connectivity index (χ1n) is 23.7. The molecule has 3 N–H and O–H groups in total. The SMILES string of the molecule is CCCCCCCC/C=C\C/C=C\CCC(=O)NC(COP(=O)(O)OCC[N+](C)(C)C)C(O)/C=C/CC/C=C/CC/C=C/CCCCCCCCCCCCCCC. The summed E-state index contributed by atoms with van der Waals surface area (Å²) in [6, 6.07) is -0.901. The molecule has 58 heavy (non-hydrogen) atoms. The number of rotatable bonds is 42. The Balaban J connectivity index is 4.48. The van der Waals surface area contributed by atoms with Crippen molar-refractivity contribution in [2.24, 2.45) is 0 Å². The standard InChI is InChI=1S/C49H91N2O6P/c1-6-8-10-12-14-16-18-20-21-22-23-24-25-26-27-28-29-31-32-34-36-38-40-42-48(52)47(46-57-58(54,55)56-45-44-51(3,4)5)50-49(53)43-41-39-37-35-33-30-19-17-15-13-11-9-7-2/h27-28,30,32-34,37,39-40,42,47-48,52H,6-26,29,31,35-36,38,41,43-46H2,1-5H3,(H-,50,53,54,55)/p+1/b28-27+,33-30-,34-32+,39-37-,42-40+. The van der Waals surface area contributed by atoms with Crippen molar-refractivity contribution in [2.75, 3.05) is 40.9 Å². The average Bonchev–Trinajstić information content (AvgIpc) is 3.17. The minimum Gasteiger partial charge on any atom is -0.387 e. The number of aliphatic hydroxyl groups is 1. The average molecular weight is 836 g/mol. The molecule has 3 unspecified atom stereocenters. The first-order chi connectivity index (χ1) is 28.0. The Morgan fingerprint density at radius 1 is 0.586 bits per heavy atom. The summed E-state index contributed by atoms with van der Waals surface area (Å²) in [7, 11) is 1.51. The van der Waals surface area contributed by atoms with E-state index >= 15 is 0 Å². The van der Waals surface area contributed by atoms with Gasteiger partial charge in [-0.1, -0.05) is 184 Å². The number of hydrogen-bond donors (Lipinski definition) is 3. The van der Waals surface area contributed by atoms with Gasteiger partial charge in [-0.05, 0) is 64.2 Å². The fourth-order valence-electron chi connectivity index (χ4n) is 6.42. The monoisotopic (exact) mass is 836 g/mol. The second kappa shape index (κ2) is 40.6. The molecule has 0 aromatic rings. The van der Waals surface area contributed by atoms with Crippen LogP contribution in [0.3, 0.4) is 0 Å². The van der Waals surface area contributed by atoms with Gasteiger partial charge < -0.3 is 19.8 Å². The molecule has 0 aromatic heterocycles. The first kappa shape index (κ1) is 56.2. The van der Waals surface area contributed by atoms with Crippen molar-refractivity contribution in [3.63, 3.8) is 0 Å². The van der Waals surface area contributed by atoms with E-state index in [2.05, 4.69) is 61.7 Å². The van der Waals surface area contributed by atoms with E-state index in [1.165, 1.54) is 128 Å². The highest BCUT2D eigenvalue weighted by molar-refractivity contribution is 7.47. The van der Waals surface area contributed by atoms with E-state index < -0.39 is 20.0 Å². The molecular weight excluding hydrogens is 744 g/mol. The number of likely N-dealkylation sites (N-methyl/N-ethyl adjacent to an activating group) is 1. The van der Waals surface area contributed by atoms with Crippen LogP contribution in [0.5, 0.6) is 0 Å². The molecule has 0 saturated carbocycles. The summed E-state index contributed by atoms with van der Waals surface area (Å²) in [5.41, 5.74) is 0. The van der Waals surface area contributed by atoms with Crippen LogP contribution in [0.2, 0.25) is 0 Å². The summed E-state index contributed by atoms with van der Waals surface area (Å²) in [6.07, 6.45) is 53.3. The highest BCUT2D eigenvalue weighted by Gasteiger charge is 2.27. The van der Waals surface area contributed by atoms with Crippen LogP contribution < -0.4 is 5.32 Å². The van der Waals surface area contributed by atoms with Gasteiger partial charge in [-0.3, -0.25) is 13.8 Å². The normalized spacial score (nSPS) is 14.8. The van der Waals surface area contributed by atoms with Gasteiger partial charge in [0.1, 0.15) is 13.2 Å². The predicted molar refractivity (Wildman–Crippen MR) is 249 cm³/mol. The molecule has 338 valence electrons. The molecule has 0 fully saturated rings. The van der Waals surface area contributed by atoms with Gasteiger partial charge in [0.25, 0.3) is 0 Å². The van der Waals surface area contributed by atoms with Crippen LogP contribution in [0.15, 0.2) is 60.8 Å². The Morgan fingerprint density at radius 3 is 1.48 bits per heavy atom. The summed E-state index contributed by atoms with van der Waals surface area (Å²) >= 11 is 0. The molecule has 8 nitrogen and oxygen atoms in total. The molecule has 0 aliphatic rings. The number of nitrogens with zero attached hydrogens (tertiary/aromatic N) is 1. The number of nitrogens with one attached hydrogen (secondary N) is 1. The number of phosphoric acid groups is 1. The summed E-state index contributed by atoms with van der Waals surface area (Å²) in [4.78, 5) is 23.1. The fourth-order valence-corrected chi connectivity index (χ4v) is 7.15. The third-order valence-electron chi connectivity index (χ3n) is 10.2. The van der Waals surface area contributed by atoms with E-state index in [1.807, 2.05) is 33.3 Å². The van der Waals surface area contributed by atoms with Gasteiger partial charge in [0.15, 0.2) is 0 Å². The van der Waals surface area contributed by atoms with Crippen LogP contribution >= 0.6 is 7.82 Å². The Morgan fingerprint density at radius 2 is 1.00 bits per heavy atom. The van der Waals surface area contributed by atoms with E-state index in [1.54, 1.807) is 6.08 Å². The smallest absolute Gasteiger partial charge is 0.387 e. The van der Waals surface area contributed by atoms with Gasteiger partial charge in [0.2, 0.25) is 5.91 Å². The van der Waals surface area contributed by atoms with E-state index in [9.17, 15) is 19.4 Å². The molecule has 3 atom stereocenters. The summed E-state index contributed by atoms with van der Waals surface area (Å²) < 4.78 is 23.5. The minimum absolute atomic E-state index is 0.0423. The number of carbonyl (C=O) groups excluding carboxylic acids is 1. The Hall–Kier alpha value is -1.80. The molecule has 0 aromatic carbocycles. The highest BCUT2D eigenvalue weighted by atomic mass is 31.2. The zero-order valence-electron chi connectivity index (χ0n) is 38.3. The third-order valence-corrected chi connectivity index (χ3v) is 11.2. The van der Waals surface area contributed by atoms with E-state index in [4.69, 9.17) is 9.05 Å². The largest absolute Gasteiger partial charge is 0.472 e. The maximum Gasteiger partial charge on any atom is 0.472 e. The zero-order chi connectivity index (χ0) is 42.8. The van der Waals surface area contributed by atoms with E-state index in [0.29, 0.717) is 17.4 Å². The van der Waals surface area contributed by atoms with Gasteiger partial charge >= 0.3 is 7.82 Å². The van der Waals surface area contributed by atoms with E-state index in [0.717, 1.165) is 38.5 Å². The second-order valence-corrected chi connectivity index (χ2v) is 18.6. The molecule has 0 spiro atoms. The Bertz CT molecular complexity index is 1130. The zero-order valence-corrected chi connectivity index (χ0v) is 39.2. The Labute approximate surface area is 358 Å². The van der Waals surface area contributed by atoms with Crippen molar-refractivity contribution in [1.29, 1.82) is 0 Å². The van der Waals surface area contributed by atoms with Crippen molar-refractivity contribution in [2.45, 2.75) is 206 Å². The molecule has 1 amide bonds. The highest BCUT2D eigenvalue weighted by Crippen LogP contribution is 2.43. The lowest BCUT2D eigenvalue weighted by Crippen LogP contribution is -2.45. The quantitative estimate of drug-likeness (QED) is 0.0245. The van der Waals surface area contributed by atoms with Crippen molar-refractivity contribution in [1.82, 2.24) is 5.32 Å². The van der Waals surface area contributed by atoms with Crippen LogP contribution in [-0.2, 0) is 18.4 Å². The molecule has 0 saturated heterocycles. The number of quaternary nitrogens is 1. The molecule has 0 heterocycles. The number of hydrogen-bond acceptors (Lipinski definition) is 5.